The molecule has 0 heteroatoms. The molecule has 0 aliphatic heterocycles. The van der Waals surface area contributed by atoms with Crippen LogP contribution in [0.2, 0.25) is 0 Å². The Morgan fingerprint density at radius 3 is 0.286 bits per heavy atom. The Balaban J connectivity index is 0.000000373. The van der Waals surface area contributed by atoms with Gasteiger partial charge in [0.2, 0.25) is 0 Å². The molecule has 0 amide bonds. The molecule has 0 aromatic rings. The highest BCUT2D eigenvalue weighted by atomic mass is 14.4. The fourth-order valence-corrected chi connectivity index (χ4v) is 11.0. The minimum atomic E-state index is 0.529. The number of hydrogen-bond acceptors (Lipinski definition) is 0. The molecule has 4 rings (SSSR count). The van der Waals surface area contributed by atoms with Crippen LogP contribution in [-0.2, 0) is 0 Å². The van der Waals surface area contributed by atoms with E-state index in [1.54, 1.807) is 0 Å². The third kappa shape index (κ3) is 26.3. The van der Waals surface area contributed by atoms with Crippen LogP contribution in [0.5, 0.6) is 0 Å². The first kappa shape index (κ1) is 54.0. The molecular formula is C56H112. The zero-order valence-corrected chi connectivity index (χ0v) is 43.9. The largest absolute Gasteiger partial charge is 0.0602 e. The topological polar surface area (TPSA) is 0 Å². The SMILES string of the molecule is CC(C)(C)C[C@@H]1CC[C@H]1CC(C)(C)C.CC(C)(C)C[C@H]1CC[C@@H]1CC(C)(C)C.CC(C)(C)C[C@H]1CC[C@H]1CC(C)(C)C.CC(C)(C)C[C@H]1CC[C@H]1CC(C)(C)C. The Hall–Kier alpha value is 0. The molecule has 4 saturated carbocycles. The van der Waals surface area contributed by atoms with Crippen LogP contribution in [-0.4, -0.2) is 0 Å². The summed E-state index contributed by atoms with van der Waals surface area (Å²) in [6.07, 6.45) is 23.3. The van der Waals surface area contributed by atoms with Gasteiger partial charge < -0.3 is 0 Å². The van der Waals surface area contributed by atoms with Crippen LogP contribution in [0.25, 0.3) is 0 Å². The lowest BCUT2D eigenvalue weighted by Crippen LogP contribution is -2.32. The summed E-state index contributed by atoms with van der Waals surface area (Å²) in [5, 5.41) is 0. The summed E-state index contributed by atoms with van der Waals surface area (Å²) in [7, 11) is 0. The van der Waals surface area contributed by atoms with Crippen molar-refractivity contribution in [2.24, 2.45) is 90.7 Å². The van der Waals surface area contributed by atoms with E-state index in [0.29, 0.717) is 43.3 Å². The third-order valence-corrected chi connectivity index (χ3v) is 13.3. The van der Waals surface area contributed by atoms with E-state index in [1.807, 2.05) is 0 Å². The Morgan fingerprint density at radius 1 is 0.179 bits per heavy atom. The number of rotatable bonds is 8. The highest BCUT2D eigenvalue weighted by Gasteiger charge is 2.38. The molecule has 0 spiro atoms. The summed E-state index contributed by atoms with van der Waals surface area (Å²) >= 11 is 0. The fraction of sp³-hybridized carbons (Fsp3) is 1.00. The molecule has 4 aliphatic rings. The van der Waals surface area contributed by atoms with Gasteiger partial charge in [-0.15, -0.1) is 0 Å². The van der Waals surface area contributed by atoms with Gasteiger partial charge in [-0.3, -0.25) is 0 Å². The molecule has 0 bridgehead atoms. The van der Waals surface area contributed by atoms with Crippen LogP contribution in [0, 0.1) is 90.7 Å². The van der Waals surface area contributed by atoms with E-state index in [1.165, 1.54) is 103 Å². The lowest BCUT2D eigenvalue weighted by atomic mass is 9.63. The van der Waals surface area contributed by atoms with Crippen molar-refractivity contribution in [2.45, 2.75) is 269 Å². The van der Waals surface area contributed by atoms with Crippen molar-refractivity contribution in [3.8, 4) is 0 Å². The van der Waals surface area contributed by atoms with Crippen molar-refractivity contribution < 1.29 is 0 Å². The van der Waals surface area contributed by atoms with Crippen molar-refractivity contribution in [2.75, 3.05) is 0 Å². The van der Waals surface area contributed by atoms with Gasteiger partial charge in [-0.25, -0.2) is 0 Å². The fourth-order valence-electron chi connectivity index (χ4n) is 11.0. The molecule has 0 N–H and O–H groups in total. The summed E-state index contributed by atoms with van der Waals surface area (Å²) in [5.41, 5.74) is 4.23. The first-order chi connectivity index (χ1) is 24.7. The van der Waals surface area contributed by atoms with Crippen molar-refractivity contribution in [3.63, 3.8) is 0 Å². The monoisotopic (exact) mass is 785 g/mol. The molecule has 0 aromatic heterocycles. The van der Waals surface area contributed by atoms with Crippen LogP contribution in [0.15, 0.2) is 0 Å². The molecule has 0 radical (unpaired) electrons. The second-order valence-electron chi connectivity index (χ2n) is 30.5. The predicted octanol–water partition coefficient (Wildman–Crippen LogP) is 19.5. The molecule has 8 atom stereocenters. The van der Waals surface area contributed by atoms with Gasteiger partial charge in [-0.2, -0.15) is 0 Å². The van der Waals surface area contributed by atoms with Gasteiger partial charge in [-0.05, 0) is 193 Å². The second-order valence-corrected chi connectivity index (χ2v) is 30.5. The molecule has 0 saturated heterocycles. The summed E-state index contributed by atoms with van der Waals surface area (Å²) in [6.45, 7) is 57.0. The van der Waals surface area contributed by atoms with Gasteiger partial charge in [0.25, 0.3) is 0 Å². The molecule has 4 fully saturated rings. The number of hydrogen-bond donors (Lipinski definition) is 0. The van der Waals surface area contributed by atoms with Crippen LogP contribution >= 0.6 is 0 Å². The average Bonchev–Trinajstić information content (AvgIpc) is 2.91. The highest BCUT2D eigenvalue weighted by molar-refractivity contribution is 4.89. The smallest absolute Gasteiger partial charge is 0.0380 e. The Kier molecular flexibility index (Phi) is 20.0. The van der Waals surface area contributed by atoms with Gasteiger partial charge in [0.05, 0.1) is 0 Å². The summed E-state index contributed by atoms with van der Waals surface area (Å²) in [4.78, 5) is 0. The standard InChI is InChI=1S/4C14H28/c4*1-13(2,3)9-11-7-8-12(11)10-14(4,5)6/h4*11-12H,7-10H2,1-6H3/t2*11-,12+;2*11-,12-/m..10/s1. The average molecular weight is 786 g/mol. The molecule has 0 unspecified atom stereocenters. The maximum atomic E-state index is 2.37. The Bertz CT molecular complexity index is 797. The lowest BCUT2D eigenvalue weighted by molar-refractivity contribution is 0.0793. The Labute approximate surface area is 358 Å². The zero-order chi connectivity index (χ0) is 43.9. The van der Waals surface area contributed by atoms with Crippen molar-refractivity contribution >= 4 is 0 Å². The van der Waals surface area contributed by atoms with Crippen molar-refractivity contribution in [1.82, 2.24) is 0 Å². The summed E-state index contributed by atoms with van der Waals surface area (Å²) < 4.78 is 0. The normalized spacial score (nSPS) is 28.7. The summed E-state index contributed by atoms with van der Waals surface area (Å²) in [6, 6.07) is 0. The third-order valence-electron chi connectivity index (χ3n) is 13.3. The second kappa shape index (κ2) is 20.7. The van der Waals surface area contributed by atoms with Crippen LogP contribution in [0.4, 0.5) is 0 Å². The van der Waals surface area contributed by atoms with Crippen molar-refractivity contribution in [3.05, 3.63) is 0 Å². The molecular weight excluding hydrogens is 673 g/mol. The van der Waals surface area contributed by atoms with E-state index >= 15 is 0 Å². The highest BCUT2D eigenvalue weighted by Crippen LogP contribution is 2.50. The van der Waals surface area contributed by atoms with Crippen LogP contribution in [0.3, 0.4) is 0 Å². The van der Waals surface area contributed by atoms with Gasteiger partial charge in [0.1, 0.15) is 0 Å². The van der Waals surface area contributed by atoms with Gasteiger partial charge in [0.15, 0.2) is 0 Å². The molecule has 56 heavy (non-hydrogen) atoms. The quantitative estimate of drug-likeness (QED) is 0.230. The van der Waals surface area contributed by atoms with E-state index in [4.69, 9.17) is 0 Å². The molecule has 0 aromatic carbocycles. The summed E-state index contributed by atoms with van der Waals surface area (Å²) in [5.74, 6) is 8.18. The Morgan fingerprint density at radius 2 is 0.250 bits per heavy atom. The molecule has 4 aliphatic carbocycles. The first-order valence-electron chi connectivity index (χ1n) is 24.7. The van der Waals surface area contributed by atoms with E-state index in [2.05, 4.69) is 166 Å². The molecule has 336 valence electrons. The van der Waals surface area contributed by atoms with E-state index in [0.717, 1.165) is 47.3 Å². The lowest BCUT2D eigenvalue weighted by Gasteiger charge is -2.43. The first-order valence-corrected chi connectivity index (χ1v) is 24.7. The maximum absolute atomic E-state index is 2.37. The molecule has 0 nitrogen and oxygen atoms in total. The van der Waals surface area contributed by atoms with Gasteiger partial charge in [0, 0.05) is 0 Å². The van der Waals surface area contributed by atoms with E-state index in [9.17, 15) is 0 Å². The van der Waals surface area contributed by atoms with Gasteiger partial charge >= 0.3 is 0 Å². The van der Waals surface area contributed by atoms with Gasteiger partial charge in [-0.1, -0.05) is 166 Å². The van der Waals surface area contributed by atoms with Crippen LogP contribution in [0.1, 0.15) is 269 Å². The predicted molar refractivity (Wildman–Crippen MR) is 257 cm³/mol. The zero-order valence-electron chi connectivity index (χ0n) is 43.9. The maximum Gasteiger partial charge on any atom is -0.0380 e. The molecule has 0 heterocycles. The van der Waals surface area contributed by atoms with E-state index < -0.39 is 0 Å². The minimum absolute atomic E-state index is 0.529. The van der Waals surface area contributed by atoms with Crippen molar-refractivity contribution in [1.29, 1.82) is 0 Å². The van der Waals surface area contributed by atoms with Crippen LogP contribution < -0.4 is 0 Å². The van der Waals surface area contributed by atoms with E-state index in [-0.39, 0.29) is 0 Å². The minimum Gasteiger partial charge on any atom is -0.0602 e.